The van der Waals surface area contributed by atoms with Crippen LogP contribution >= 0.6 is 23.4 Å². The van der Waals surface area contributed by atoms with Gasteiger partial charge >= 0.3 is 0 Å². The molecule has 0 saturated heterocycles. The molecule has 2 rings (SSSR count). The topological polar surface area (TPSA) is 49.4 Å². The maximum absolute atomic E-state index is 13.2. The zero-order valence-corrected chi connectivity index (χ0v) is 20.9. The molecule has 0 radical (unpaired) electrons. The maximum Gasteiger partial charge on any atom is 0.242 e. The van der Waals surface area contributed by atoms with Gasteiger partial charge in [0.2, 0.25) is 11.8 Å². The number of halogens is 1. The molecule has 4 nitrogen and oxygen atoms in total. The Bertz CT molecular complexity index is 827. The summed E-state index contributed by atoms with van der Waals surface area (Å²) in [6.45, 7) is 7.27. The fraction of sp³-hybridized carbons (Fsp3) is 0.462. The molecule has 0 aliphatic carbocycles. The van der Waals surface area contributed by atoms with Gasteiger partial charge in [-0.15, -0.1) is 11.8 Å². The summed E-state index contributed by atoms with van der Waals surface area (Å²) in [5.41, 5.74) is 1.17. The van der Waals surface area contributed by atoms with E-state index in [0.717, 1.165) is 28.5 Å². The van der Waals surface area contributed by atoms with Gasteiger partial charge in [-0.05, 0) is 60.8 Å². The highest BCUT2D eigenvalue weighted by atomic mass is 35.5. The minimum Gasteiger partial charge on any atom is -0.354 e. The van der Waals surface area contributed by atoms with Crippen LogP contribution in [-0.4, -0.2) is 41.6 Å². The van der Waals surface area contributed by atoms with Gasteiger partial charge in [-0.25, -0.2) is 0 Å². The van der Waals surface area contributed by atoms with Crippen LogP contribution in [0.1, 0.15) is 45.6 Å². The summed E-state index contributed by atoms with van der Waals surface area (Å²) in [4.78, 5) is 29.0. The maximum atomic E-state index is 13.2. The molecule has 0 heterocycles. The molecule has 0 aliphatic rings. The van der Waals surface area contributed by atoms with E-state index in [1.165, 1.54) is 5.56 Å². The van der Waals surface area contributed by atoms with Gasteiger partial charge in [0.25, 0.3) is 0 Å². The van der Waals surface area contributed by atoms with Crippen molar-refractivity contribution in [2.24, 2.45) is 5.92 Å². The number of carbonyl (C=O) groups excluding carboxylic acids is 2. The number of hydrogen-bond acceptors (Lipinski definition) is 3. The lowest BCUT2D eigenvalue weighted by Gasteiger charge is -2.31. The molecule has 2 aromatic rings. The van der Waals surface area contributed by atoms with E-state index in [9.17, 15) is 9.59 Å². The first-order valence-corrected chi connectivity index (χ1v) is 12.8. The van der Waals surface area contributed by atoms with E-state index in [0.29, 0.717) is 31.8 Å². The van der Waals surface area contributed by atoms with E-state index < -0.39 is 6.04 Å². The normalized spacial score (nSPS) is 11.9. The van der Waals surface area contributed by atoms with Crippen molar-refractivity contribution >= 4 is 35.2 Å². The average Bonchev–Trinajstić information content (AvgIpc) is 2.79. The van der Waals surface area contributed by atoms with E-state index in [2.05, 4.69) is 31.3 Å². The molecule has 0 aliphatic heterocycles. The number of nitrogens with zero attached hydrogens (tertiary/aromatic N) is 1. The van der Waals surface area contributed by atoms with Gasteiger partial charge in [0.1, 0.15) is 6.04 Å². The average molecular weight is 475 g/mol. The lowest BCUT2D eigenvalue weighted by Crippen LogP contribution is -2.50. The van der Waals surface area contributed by atoms with E-state index >= 15 is 0 Å². The van der Waals surface area contributed by atoms with Crippen molar-refractivity contribution in [3.8, 4) is 0 Å². The first-order chi connectivity index (χ1) is 15.4. The highest BCUT2D eigenvalue weighted by molar-refractivity contribution is 7.99. The van der Waals surface area contributed by atoms with Crippen LogP contribution in [0.5, 0.6) is 0 Å². The Morgan fingerprint density at radius 2 is 1.75 bits per heavy atom. The molecule has 0 spiro atoms. The number of benzene rings is 2. The van der Waals surface area contributed by atoms with Gasteiger partial charge in [-0.3, -0.25) is 9.59 Å². The molecule has 2 aromatic carbocycles. The Hall–Kier alpha value is -1.98. The van der Waals surface area contributed by atoms with Crippen LogP contribution in [0.3, 0.4) is 0 Å². The molecule has 0 saturated carbocycles. The number of carbonyl (C=O) groups is 2. The molecular weight excluding hydrogens is 440 g/mol. The van der Waals surface area contributed by atoms with Crippen LogP contribution in [0.15, 0.2) is 59.5 Å². The van der Waals surface area contributed by atoms with E-state index in [4.69, 9.17) is 11.6 Å². The van der Waals surface area contributed by atoms with Gasteiger partial charge < -0.3 is 10.2 Å². The van der Waals surface area contributed by atoms with Crippen LogP contribution in [-0.2, 0) is 16.0 Å². The highest BCUT2D eigenvalue weighted by Crippen LogP contribution is 2.22. The third-order valence-electron chi connectivity index (χ3n) is 5.17. The van der Waals surface area contributed by atoms with Crippen molar-refractivity contribution in [1.29, 1.82) is 0 Å². The van der Waals surface area contributed by atoms with Crippen LogP contribution in [0.2, 0.25) is 5.02 Å². The van der Waals surface area contributed by atoms with Crippen LogP contribution < -0.4 is 5.32 Å². The third kappa shape index (κ3) is 9.25. The summed E-state index contributed by atoms with van der Waals surface area (Å²) in [5.74, 6) is 1.20. The quantitative estimate of drug-likeness (QED) is 0.293. The Morgan fingerprint density at radius 3 is 2.38 bits per heavy atom. The standard InChI is InChI=1S/C26H35ClN2O2S/c1-4-24(26(31)28-19-20(2)3)29(17-16-21-9-6-5-7-10-21)25(30)11-8-18-32-23-14-12-22(27)13-15-23/h5-7,9-10,12-15,20,24H,4,8,11,16-19H2,1-3H3,(H,28,31)/t24-/m0/s1. The number of thioether (sulfide) groups is 1. The van der Waals surface area contributed by atoms with E-state index in [-0.39, 0.29) is 11.8 Å². The molecule has 0 unspecified atom stereocenters. The fourth-order valence-corrected chi connectivity index (χ4v) is 4.39. The Kier molecular flexibility index (Phi) is 11.7. The first kappa shape index (κ1) is 26.3. The van der Waals surface area contributed by atoms with Gasteiger partial charge in [0, 0.05) is 29.4 Å². The number of amides is 2. The van der Waals surface area contributed by atoms with Crippen molar-refractivity contribution in [3.63, 3.8) is 0 Å². The third-order valence-corrected chi connectivity index (χ3v) is 6.52. The van der Waals surface area contributed by atoms with E-state index in [1.54, 1.807) is 16.7 Å². The Morgan fingerprint density at radius 1 is 1.06 bits per heavy atom. The molecule has 0 aromatic heterocycles. The minimum atomic E-state index is -0.436. The molecule has 0 bridgehead atoms. The van der Waals surface area contributed by atoms with Crippen LogP contribution in [0.25, 0.3) is 0 Å². The predicted octanol–water partition coefficient (Wildman–Crippen LogP) is 5.83. The van der Waals surface area contributed by atoms with Gasteiger partial charge in [-0.1, -0.05) is 62.7 Å². The summed E-state index contributed by atoms with van der Waals surface area (Å²) in [5, 5.41) is 3.73. The molecule has 174 valence electrons. The molecule has 32 heavy (non-hydrogen) atoms. The zero-order valence-electron chi connectivity index (χ0n) is 19.4. The van der Waals surface area contributed by atoms with Crippen LogP contribution in [0.4, 0.5) is 0 Å². The lowest BCUT2D eigenvalue weighted by atomic mass is 10.1. The smallest absolute Gasteiger partial charge is 0.242 e. The summed E-state index contributed by atoms with van der Waals surface area (Å²) >= 11 is 7.66. The number of rotatable bonds is 13. The summed E-state index contributed by atoms with van der Waals surface area (Å²) in [6, 6.07) is 17.4. The minimum absolute atomic E-state index is 0.0455. The monoisotopic (exact) mass is 474 g/mol. The molecular formula is C26H35ClN2O2S. The fourth-order valence-electron chi connectivity index (χ4n) is 3.41. The first-order valence-electron chi connectivity index (χ1n) is 11.4. The van der Waals surface area contributed by atoms with Crippen molar-refractivity contribution in [2.75, 3.05) is 18.8 Å². The summed E-state index contributed by atoms with van der Waals surface area (Å²) < 4.78 is 0. The zero-order chi connectivity index (χ0) is 23.3. The molecule has 1 atom stereocenters. The second-order valence-corrected chi connectivity index (χ2v) is 9.90. The second kappa shape index (κ2) is 14.2. The molecule has 6 heteroatoms. The van der Waals surface area contributed by atoms with Gasteiger partial charge in [-0.2, -0.15) is 0 Å². The van der Waals surface area contributed by atoms with E-state index in [1.807, 2.05) is 49.4 Å². The van der Waals surface area contributed by atoms with Crippen molar-refractivity contribution in [3.05, 3.63) is 65.2 Å². The number of nitrogens with one attached hydrogen (secondary N) is 1. The van der Waals surface area contributed by atoms with Crippen molar-refractivity contribution in [2.45, 2.75) is 57.4 Å². The molecule has 0 fully saturated rings. The van der Waals surface area contributed by atoms with Gasteiger partial charge in [0.05, 0.1) is 0 Å². The van der Waals surface area contributed by atoms with Crippen molar-refractivity contribution in [1.82, 2.24) is 10.2 Å². The summed E-state index contributed by atoms with van der Waals surface area (Å²) in [7, 11) is 0. The van der Waals surface area contributed by atoms with Crippen molar-refractivity contribution < 1.29 is 9.59 Å². The van der Waals surface area contributed by atoms with Crippen LogP contribution in [0, 0.1) is 5.92 Å². The lowest BCUT2D eigenvalue weighted by molar-refractivity contribution is -0.140. The van der Waals surface area contributed by atoms with Gasteiger partial charge in [0.15, 0.2) is 0 Å². The molecule has 1 N–H and O–H groups in total. The predicted molar refractivity (Wildman–Crippen MR) is 135 cm³/mol. The largest absolute Gasteiger partial charge is 0.354 e. The summed E-state index contributed by atoms with van der Waals surface area (Å²) in [6.07, 6.45) is 2.53. The molecule has 2 amide bonds. The number of hydrogen-bond donors (Lipinski definition) is 1. The second-order valence-electron chi connectivity index (χ2n) is 8.29. The Labute approximate surface area is 202 Å². The highest BCUT2D eigenvalue weighted by Gasteiger charge is 2.27. The SMILES string of the molecule is CC[C@@H](C(=O)NCC(C)C)N(CCc1ccccc1)C(=O)CCCSc1ccc(Cl)cc1. The Balaban J connectivity index is 1.98.